The lowest BCUT2D eigenvalue weighted by Gasteiger charge is -2.15. The third-order valence-electron chi connectivity index (χ3n) is 4.48. The molecule has 156 valence electrons. The van der Waals surface area contributed by atoms with Crippen LogP contribution in [0.15, 0.2) is 40.6 Å². The fraction of sp³-hybridized carbons (Fsp3) is 0.368. The molecule has 0 radical (unpaired) electrons. The summed E-state index contributed by atoms with van der Waals surface area (Å²) in [5, 5.41) is 4.18. The zero-order valence-electron chi connectivity index (χ0n) is 15.9. The van der Waals surface area contributed by atoms with E-state index in [1.54, 1.807) is 19.2 Å². The number of carbonyl (C=O) groups is 2. The molecule has 10 heteroatoms. The van der Waals surface area contributed by atoms with Crippen molar-refractivity contribution in [1.29, 1.82) is 0 Å². The number of rotatable bonds is 8. The fourth-order valence-electron chi connectivity index (χ4n) is 2.91. The number of hydrogen-bond acceptors (Lipinski definition) is 7. The lowest BCUT2D eigenvalue weighted by Crippen LogP contribution is -2.30. The molecule has 29 heavy (non-hydrogen) atoms. The highest BCUT2D eigenvalue weighted by Crippen LogP contribution is 2.28. The molecule has 0 saturated carbocycles. The van der Waals surface area contributed by atoms with Crippen molar-refractivity contribution < 1.29 is 27.5 Å². The summed E-state index contributed by atoms with van der Waals surface area (Å²) in [6.07, 6.45) is 1.61. The smallest absolute Gasteiger partial charge is 0.350 e. The van der Waals surface area contributed by atoms with E-state index in [0.717, 1.165) is 29.7 Å². The second kappa shape index (κ2) is 9.38. The Morgan fingerprint density at radius 3 is 2.48 bits per heavy atom. The average Bonchev–Trinajstić information content (AvgIpc) is 3.43. The Hall–Kier alpha value is -2.43. The molecule has 2 aromatic rings. The highest BCUT2D eigenvalue weighted by molar-refractivity contribution is 7.89. The quantitative estimate of drug-likeness (QED) is 0.633. The predicted octanol–water partition coefficient (Wildman–Crippen LogP) is 2.01. The molecular weight excluding hydrogens is 416 g/mol. The standard InChI is InChI=1S/C19H22N2O6S2/c1-26-15-6-4-14(5-7-15)12-20-17(22)13-27-19(23)18-16(8-11-28-18)29(24,25)21-9-2-3-10-21/h4-8,11H,2-3,9-10,12-13H2,1H3,(H,20,22). The summed E-state index contributed by atoms with van der Waals surface area (Å²) in [5.41, 5.74) is 0.864. The molecule has 0 atom stereocenters. The minimum absolute atomic E-state index is 0.0140. The van der Waals surface area contributed by atoms with Gasteiger partial charge in [-0.1, -0.05) is 12.1 Å². The monoisotopic (exact) mass is 438 g/mol. The molecule has 1 aromatic heterocycles. The van der Waals surface area contributed by atoms with Crippen LogP contribution in [0, 0.1) is 0 Å². The van der Waals surface area contributed by atoms with Crippen molar-refractivity contribution in [2.24, 2.45) is 0 Å². The van der Waals surface area contributed by atoms with Crippen LogP contribution in [0.1, 0.15) is 28.1 Å². The number of nitrogens with zero attached hydrogens (tertiary/aromatic N) is 1. The first kappa shape index (κ1) is 21.3. The molecule has 2 heterocycles. The Labute approximate surface area is 173 Å². The maximum atomic E-state index is 12.7. The number of ether oxygens (including phenoxy) is 2. The van der Waals surface area contributed by atoms with E-state index in [9.17, 15) is 18.0 Å². The summed E-state index contributed by atoms with van der Waals surface area (Å²) in [6.45, 7) is 0.672. The number of methoxy groups -OCH3 is 1. The number of amides is 1. The normalized spacial score (nSPS) is 14.5. The van der Waals surface area contributed by atoms with Crippen LogP contribution in [0.25, 0.3) is 0 Å². The molecule has 8 nitrogen and oxygen atoms in total. The van der Waals surface area contributed by atoms with Gasteiger partial charge in [0.15, 0.2) is 6.61 Å². The third kappa shape index (κ3) is 5.14. The average molecular weight is 439 g/mol. The number of carbonyl (C=O) groups excluding carboxylic acids is 2. The second-order valence-electron chi connectivity index (χ2n) is 6.43. The number of nitrogens with one attached hydrogen (secondary N) is 1. The van der Waals surface area contributed by atoms with Crippen LogP contribution in [0.2, 0.25) is 0 Å². The zero-order chi connectivity index (χ0) is 20.9. The van der Waals surface area contributed by atoms with Gasteiger partial charge in [-0.3, -0.25) is 4.79 Å². The Kier molecular flexibility index (Phi) is 6.88. The van der Waals surface area contributed by atoms with Gasteiger partial charge in [0.25, 0.3) is 5.91 Å². The molecule has 1 amide bonds. The van der Waals surface area contributed by atoms with E-state index in [-0.39, 0.29) is 16.3 Å². The van der Waals surface area contributed by atoms with Gasteiger partial charge in [0, 0.05) is 19.6 Å². The molecule has 0 bridgehead atoms. The Balaban J connectivity index is 1.54. The minimum atomic E-state index is -3.73. The van der Waals surface area contributed by atoms with Gasteiger partial charge >= 0.3 is 5.97 Å². The van der Waals surface area contributed by atoms with Crippen LogP contribution in [-0.4, -0.2) is 51.4 Å². The van der Waals surface area contributed by atoms with E-state index >= 15 is 0 Å². The maximum Gasteiger partial charge on any atom is 0.350 e. The van der Waals surface area contributed by atoms with Gasteiger partial charge in [-0.2, -0.15) is 4.31 Å². The van der Waals surface area contributed by atoms with Crippen molar-refractivity contribution in [3.63, 3.8) is 0 Å². The molecule has 1 aliphatic rings. The van der Waals surface area contributed by atoms with Crippen molar-refractivity contribution in [3.05, 3.63) is 46.2 Å². The topological polar surface area (TPSA) is 102 Å². The van der Waals surface area contributed by atoms with E-state index in [1.165, 1.54) is 15.8 Å². The lowest BCUT2D eigenvalue weighted by molar-refractivity contribution is -0.124. The van der Waals surface area contributed by atoms with Crippen molar-refractivity contribution >= 4 is 33.2 Å². The van der Waals surface area contributed by atoms with Crippen LogP contribution < -0.4 is 10.1 Å². The Morgan fingerprint density at radius 1 is 1.14 bits per heavy atom. The summed E-state index contributed by atoms with van der Waals surface area (Å²) in [7, 11) is -2.16. The first-order chi connectivity index (χ1) is 13.9. The Bertz CT molecular complexity index is 963. The van der Waals surface area contributed by atoms with Gasteiger partial charge in [0.1, 0.15) is 15.5 Å². The van der Waals surface area contributed by atoms with E-state index in [4.69, 9.17) is 9.47 Å². The summed E-state index contributed by atoms with van der Waals surface area (Å²) in [6, 6.07) is 8.58. The van der Waals surface area contributed by atoms with Crippen LogP contribution in [-0.2, 0) is 26.1 Å². The predicted molar refractivity (Wildman–Crippen MR) is 107 cm³/mol. The molecule has 1 aliphatic heterocycles. The number of sulfonamides is 1. The summed E-state index contributed by atoms with van der Waals surface area (Å²) in [5.74, 6) is -0.586. The number of esters is 1. The lowest BCUT2D eigenvalue weighted by atomic mass is 10.2. The van der Waals surface area contributed by atoms with Crippen molar-refractivity contribution in [1.82, 2.24) is 9.62 Å². The van der Waals surface area contributed by atoms with Gasteiger partial charge in [-0.15, -0.1) is 11.3 Å². The van der Waals surface area contributed by atoms with Crippen molar-refractivity contribution in [2.45, 2.75) is 24.3 Å². The molecule has 0 unspecified atom stereocenters. The highest BCUT2D eigenvalue weighted by Gasteiger charge is 2.32. The number of hydrogen-bond donors (Lipinski definition) is 1. The number of benzene rings is 1. The zero-order valence-corrected chi connectivity index (χ0v) is 17.6. The third-order valence-corrected chi connectivity index (χ3v) is 7.45. The largest absolute Gasteiger partial charge is 0.497 e. The van der Waals surface area contributed by atoms with Crippen LogP contribution >= 0.6 is 11.3 Å². The molecular formula is C19H22N2O6S2. The first-order valence-electron chi connectivity index (χ1n) is 9.06. The van der Waals surface area contributed by atoms with E-state index in [2.05, 4.69) is 5.32 Å². The summed E-state index contributed by atoms with van der Waals surface area (Å²) >= 11 is 0.985. The molecule has 0 spiro atoms. The van der Waals surface area contributed by atoms with Gasteiger partial charge in [-0.05, 0) is 42.0 Å². The Morgan fingerprint density at radius 2 is 1.83 bits per heavy atom. The molecule has 0 aliphatic carbocycles. The molecule has 1 N–H and O–H groups in total. The minimum Gasteiger partial charge on any atom is -0.497 e. The first-order valence-corrected chi connectivity index (χ1v) is 11.4. The molecule has 1 aromatic carbocycles. The van der Waals surface area contributed by atoms with E-state index < -0.39 is 28.5 Å². The summed E-state index contributed by atoms with van der Waals surface area (Å²) < 4.78 is 36.9. The SMILES string of the molecule is COc1ccc(CNC(=O)COC(=O)c2sccc2S(=O)(=O)N2CCCC2)cc1. The van der Waals surface area contributed by atoms with Crippen LogP contribution in [0.4, 0.5) is 0 Å². The van der Waals surface area contributed by atoms with Crippen molar-refractivity contribution in [2.75, 3.05) is 26.8 Å². The van der Waals surface area contributed by atoms with E-state index in [0.29, 0.717) is 18.8 Å². The molecule has 1 fully saturated rings. The van der Waals surface area contributed by atoms with Crippen LogP contribution in [0.5, 0.6) is 5.75 Å². The van der Waals surface area contributed by atoms with Crippen molar-refractivity contribution in [3.8, 4) is 5.75 Å². The van der Waals surface area contributed by atoms with Crippen LogP contribution in [0.3, 0.4) is 0 Å². The summed E-state index contributed by atoms with van der Waals surface area (Å²) in [4.78, 5) is 24.2. The second-order valence-corrected chi connectivity index (χ2v) is 9.25. The fourth-order valence-corrected chi connectivity index (χ4v) is 5.71. The number of thiophene rings is 1. The van der Waals surface area contributed by atoms with Gasteiger partial charge in [-0.25, -0.2) is 13.2 Å². The van der Waals surface area contributed by atoms with E-state index in [1.807, 2.05) is 12.1 Å². The molecule has 1 saturated heterocycles. The van der Waals surface area contributed by atoms with Gasteiger partial charge in [0.2, 0.25) is 10.0 Å². The van der Waals surface area contributed by atoms with Gasteiger partial charge < -0.3 is 14.8 Å². The molecule has 3 rings (SSSR count). The maximum absolute atomic E-state index is 12.7. The highest BCUT2D eigenvalue weighted by atomic mass is 32.2. The van der Waals surface area contributed by atoms with Gasteiger partial charge in [0.05, 0.1) is 7.11 Å².